The number of carbonyl (C=O) groups is 3. The first kappa shape index (κ1) is 17.4. The minimum absolute atomic E-state index is 0.0433. The van der Waals surface area contributed by atoms with E-state index in [1.807, 2.05) is 38.1 Å². The number of rotatable bonds is 3. The van der Waals surface area contributed by atoms with Crippen molar-refractivity contribution >= 4 is 34.6 Å². The lowest BCUT2D eigenvalue weighted by Gasteiger charge is -2.39. The lowest BCUT2D eigenvalue weighted by molar-refractivity contribution is -0.121. The van der Waals surface area contributed by atoms with Gasteiger partial charge in [0.15, 0.2) is 5.78 Å². The second-order valence-corrected chi connectivity index (χ2v) is 7.38. The number of Topliss-reactive ketones (excluding diaryl/α,β-unsaturated/α-hetero) is 1. The second-order valence-electron chi connectivity index (χ2n) is 6.29. The van der Waals surface area contributed by atoms with E-state index in [0.29, 0.717) is 16.3 Å². The highest BCUT2D eigenvalue weighted by atomic mass is 32.1. The van der Waals surface area contributed by atoms with Gasteiger partial charge in [-0.25, -0.2) is 0 Å². The summed E-state index contributed by atoms with van der Waals surface area (Å²) in [5, 5.41) is 0. The van der Waals surface area contributed by atoms with Crippen molar-refractivity contribution in [1.82, 2.24) is 4.90 Å². The Labute approximate surface area is 150 Å². The van der Waals surface area contributed by atoms with Crippen LogP contribution in [0, 0.1) is 6.92 Å². The molecule has 1 atom stereocenters. The number of anilines is 1. The molecular formula is C19H20N2O3S. The summed E-state index contributed by atoms with van der Waals surface area (Å²) < 4.78 is 0. The van der Waals surface area contributed by atoms with Crippen molar-refractivity contribution in [2.24, 2.45) is 0 Å². The van der Waals surface area contributed by atoms with Crippen LogP contribution in [-0.2, 0) is 4.79 Å². The van der Waals surface area contributed by atoms with E-state index in [4.69, 9.17) is 0 Å². The van der Waals surface area contributed by atoms with Crippen LogP contribution in [0.4, 0.5) is 5.69 Å². The van der Waals surface area contributed by atoms with Gasteiger partial charge in [-0.3, -0.25) is 14.4 Å². The van der Waals surface area contributed by atoms with Crippen molar-refractivity contribution in [3.05, 3.63) is 51.7 Å². The van der Waals surface area contributed by atoms with Gasteiger partial charge < -0.3 is 9.80 Å². The summed E-state index contributed by atoms with van der Waals surface area (Å²) in [6.07, 6.45) is 0. The minimum atomic E-state index is -0.192. The molecule has 1 aliphatic rings. The van der Waals surface area contributed by atoms with Gasteiger partial charge in [-0.2, -0.15) is 0 Å². The van der Waals surface area contributed by atoms with Crippen molar-refractivity contribution in [2.75, 3.05) is 18.0 Å². The van der Waals surface area contributed by atoms with Crippen molar-refractivity contribution < 1.29 is 14.4 Å². The summed E-state index contributed by atoms with van der Waals surface area (Å²) in [5.74, 6) is -0.343. The molecule has 1 aromatic heterocycles. The summed E-state index contributed by atoms with van der Waals surface area (Å²) >= 11 is 1.18. The summed E-state index contributed by atoms with van der Waals surface area (Å²) in [6, 6.07) is 11.0. The van der Waals surface area contributed by atoms with Crippen molar-refractivity contribution in [1.29, 1.82) is 0 Å². The maximum absolute atomic E-state index is 12.8. The van der Waals surface area contributed by atoms with Crippen molar-refractivity contribution in [3.63, 3.8) is 0 Å². The van der Waals surface area contributed by atoms with Crippen LogP contribution in [0.5, 0.6) is 0 Å². The van der Waals surface area contributed by atoms with Crippen LogP contribution in [0.15, 0.2) is 36.4 Å². The molecule has 0 unspecified atom stereocenters. The minimum Gasteiger partial charge on any atom is -0.324 e. The predicted octanol–water partition coefficient (Wildman–Crippen LogP) is 3.14. The van der Waals surface area contributed by atoms with E-state index in [1.165, 1.54) is 18.3 Å². The molecular weight excluding hydrogens is 336 g/mol. The van der Waals surface area contributed by atoms with Gasteiger partial charge in [-0.15, -0.1) is 11.3 Å². The molecule has 0 bridgehead atoms. The summed E-state index contributed by atoms with van der Waals surface area (Å²) in [7, 11) is 0. The number of piperazine rings is 1. The van der Waals surface area contributed by atoms with Crippen LogP contribution in [0.3, 0.4) is 0 Å². The molecule has 1 fully saturated rings. The molecule has 0 radical (unpaired) electrons. The molecule has 2 amide bonds. The largest absolute Gasteiger partial charge is 0.324 e. The topological polar surface area (TPSA) is 57.7 Å². The number of ketones is 1. The Morgan fingerprint density at radius 3 is 2.44 bits per heavy atom. The van der Waals surface area contributed by atoms with Gasteiger partial charge in [-0.1, -0.05) is 18.2 Å². The third kappa shape index (κ3) is 3.35. The molecule has 5 nitrogen and oxygen atoms in total. The quantitative estimate of drug-likeness (QED) is 0.794. The lowest BCUT2D eigenvalue weighted by Crippen LogP contribution is -2.57. The molecule has 6 heteroatoms. The third-order valence-electron chi connectivity index (χ3n) is 4.42. The van der Waals surface area contributed by atoms with Crippen LogP contribution in [0.2, 0.25) is 0 Å². The highest BCUT2D eigenvalue weighted by Crippen LogP contribution is 2.26. The van der Waals surface area contributed by atoms with Crippen LogP contribution in [-0.4, -0.2) is 41.6 Å². The number of benzene rings is 1. The number of nitrogens with zero attached hydrogens (tertiary/aromatic N) is 2. The van der Waals surface area contributed by atoms with E-state index >= 15 is 0 Å². The summed E-state index contributed by atoms with van der Waals surface area (Å²) in [5.41, 5.74) is 1.92. The van der Waals surface area contributed by atoms with E-state index in [0.717, 1.165) is 11.3 Å². The average Bonchev–Trinajstić information content (AvgIpc) is 3.07. The maximum Gasteiger partial charge on any atom is 0.264 e. The Hall–Kier alpha value is -2.47. The molecule has 1 saturated heterocycles. The first-order chi connectivity index (χ1) is 11.9. The number of carbonyl (C=O) groups excluding carboxylic acids is 3. The van der Waals surface area contributed by atoms with Gasteiger partial charge in [0.05, 0.1) is 9.75 Å². The smallest absolute Gasteiger partial charge is 0.264 e. The number of para-hydroxylation sites is 1. The number of hydrogen-bond donors (Lipinski definition) is 0. The first-order valence-corrected chi connectivity index (χ1v) is 8.98. The van der Waals surface area contributed by atoms with Crippen LogP contribution >= 0.6 is 11.3 Å². The summed E-state index contributed by atoms with van der Waals surface area (Å²) in [4.78, 5) is 41.2. The fourth-order valence-corrected chi connectivity index (χ4v) is 3.86. The molecule has 0 aliphatic carbocycles. The normalized spacial score (nSPS) is 17.7. The van der Waals surface area contributed by atoms with Crippen LogP contribution < -0.4 is 4.90 Å². The zero-order valence-electron chi connectivity index (χ0n) is 14.5. The van der Waals surface area contributed by atoms with E-state index in [2.05, 4.69) is 0 Å². The number of thiophene rings is 1. The Kier molecular flexibility index (Phi) is 4.72. The first-order valence-electron chi connectivity index (χ1n) is 8.16. The van der Waals surface area contributed by atoms with E-state index in [9.17, 15) is 14.4 Å². The van der Waals surface area contributed by atoms with Crippen molar-refractivity contribution in [2.45, 2.75) is 26.8 Å². The van der Waals surface area contributed by atoms with Gasteiger partial charge in [0.25, 0.3) is 5.91 Å². The number of amides is 2. The van der Waals surface area contributed by atoms with Gasteiger partial charge in [0.2, 0.25) is 5.91 Å². The lowest BCUT2D eigenvalue weighted by atomic mass is 10.1. The Morgan fingerprint density at radius 1 is 1.12 bits per heavy atom. The Bertz CT molecular complexity index is 843. The van der Waals surface area contributed by atoms with Crippen molar-refractivity contribution in [3.8, 4) is 0 Å². The average molecular weight is 356 g/mol. The molecule has 0 N–H and O–H groups in total. The predicted molar refractivity (Wildman–Crippen MR) is 98.4 cm³/mol. The molecule has 0 spiro atoms. The molecule has 130 valence electrons. The maximum atomic E-state index is 12.8. The molecule has 0 saturated carbocycles. The van der Waals surface area contributed by atoms with Crippen LogP contribution in [0.25, 0.3) is 0 Å². The fourth-order valence-electron chi connectivity index (χ4n) is 3.01. The van der Waals surface area contributed by atoms with E-state index in [-0.39, 0.29) is 30.2 Å². The zero-order chi connectivity index (χ0) is 18.1. The molecule has 3 rings (SSSR count). The Morgan fingerprint density at radius 2 is 1.80 bits per heavy atom. The second kappa shape index (κ2) is 6.80. The highest BCUT2D eigenvalue weighted by Gasteiger charge is 2.34. The molecule has 2 heterocycles. The molecule has 1 aliphatic heterocycles. The molecule has 25 heavy (non-hydrogen) atoms. The van der Waals surface area contributed by atoms with Gasteiger partial charge >= 0.3 is 0 Å². The fraction of sp³-hybridized carbons (Fsp3) is 0.316. The van der Waals surface area contributed by atoms with Gasteiger partial charge in [0, 0.05) is 18.3 Å². The monoisotopic (exact) mass is 356 g/mol. The van der Waals surface area contributed by atoms with Gasteiger partial charge in [-0.05, 0) is 44.5 Å². The van der Waals surface area contributed by atoms with Crippen LogP contribution in [0.1, 0.15) is 38.8 Å². The third-order valence-corrected chi connectivity index (χ3v) is 5.59. The number of hydrogen-bond acceptors (Lipinski definition) is 4. The standard InChI is InChI=1S/C19H20N2O3S/c1-12-6-4-5-7-15(12)21-10-13(2)20(11-18(21)23)19(24)17-9-8-16(25-17)14(3)22/h4-9,13H,10-11H2,1-3H3/t13-/m1/s1. The SMILES string of the molecule is CC(=O)c1ccc(C(=O)N2CC(=O)N(c3ccccc3C)C[C@H]2C)s1. The van der Waals surface area contributed by atoms with E-state index in [1.54, 1.807) is 21.9 Å². The van der Waals surface area contributed by atoms with Gasteiger partial charge in [0.1, 0.15) is 6.54 Å². The highest BCUT2D eigenvalue weighted by molar-refractivity contribution is 7.15. The summed E-state index contributed by atoms with van der Waals surface area (Å²) in [6.45, 7) is 5.89. The molecule has 1 aromatic carbocycles. The van der Waals surface area contributed by atoms with E-state index < -0.39 is 0 Å². The Balaban J connectivity index is 1.80. The zero-order valence-corrected chi connectivity index (χ0v) is 15.3. The molecule has 2 aromatic rings. The number of aryl methyl sites for hydroxylation is 1.